The molecule has 0 aliphatic carbocycles. The summed E-state index contributed by atoms with van der Waals surface area (Å²) in [5.41, 5.74) is 2.05. The number of hydrogen-bond donors (Lipinski definition) is 0. The molecule has 25 heavy (non-hydrogen) atoms. The predicted octanol–water partition coefficient (Wildman–Crippen LogP) is 5.02. The van der Waals surface area contributed by atoms with Crippen LogP contribution in [-0.4, -0.2) is 22.4 Å². The lowest BCUT2D eigenvalue weighted by Crippen LogP contribution is -2.12. The van der Waals surface area contributed by atoms with Gasteiger partial charge in [0.2, 0.25) is 5.88 Å². The number of benzene rings is 2. The van der Waals surface area contributed by atoms with E-state index in [-0.39, 0.29) is 12.4 Å². The molecule has 0 saturated heterocycles. The normalized spacial score (nSPS) is 10.5. The fourth-order valence-corrected chi connectivity index (χ4v) is 2.55. The maximum absolute atomic E-state index is 12.2. The number of carbonyl (C=O) groups is 1. The monoisotopic (exact) mass is 372 g/mol. The highest BCUT2D eigenvalue weighted by atomic mass is 35.5. The van der Waals surface area contributed by atoms with E-state index in [0.717, 1.165) is 11.3 Å². The molecule has 0 aliphatic rings. The molecule has 3 rings (SSSR count). The third kappa shape index (κ3) is 4.56. The van der Waals surface area contributed by atoms with E-state index in [2.05, 4.69) is 9.97 Å². The van der Waals surface area contributed by atoms with Crippen LogP contribution in [0.4, 0.5) is 0 Å². The average Bonchev–Trinajstić information content (AvgIpc) is 2.60. The lowest BCUT2D eigenvalue weighted by Gasteiger charge is -2.08. The molecule has 1 aromatic heterocycles. The van der Waals surface area contributed by atoms with Crippen LogP contribution >= 0.6 is 23.2 Å². The summed E-state index contributed by atoms with van der Waals surface area (Å²) in [5, 5.41) is 1.18. The van der Waals surface area contributed by atoms with Crippen LogP contribution in [0.25, 0.3) is 11.4 Å². The third-order valence-electron chi connectivity index (χ3n) is 3.43. The first-order valence-corrected chi connectivity index (χ1v) is 8.30. The molecular formula is C19H14Cl2N2O2. The Morgan fingerprint density at radius 1 is 1.00 bits per heavy atom. The van der Waals surface area contributed by atoms with E-state index >= 15 is 0 Å². The van der Waals surface area contributed by atoms with Gasteiger partial charge in [0.1, 0.15) is 0 Å². The molecule has 0 amide bonds. The summed E-state index contributed by atoms with van der Waals surface area (Å²) in [7, 11) is 0. The highest BCUT2D eigenvalue weighted by Gasteiger charge is 2.10. The van der Waals surface area contributed by atoms with Crippen molar-refractivity contribution >= 4 is 29.0 Å². The second-order valence-corrected chi connectivity index (χ2v) is 6.27. The zero-order chi connectivity index (χ0) is 17.8. The Morgan fingerprint density at radius 3 is 2.48 bits per heavy atom. The Balaban J connectivity index is 1.76. The molecule has 4 nitrogen and oxygen atoms in total. The van der Waals surface area contributed by atoms with E-state index in [0.29, 0.717) is 27.3 Å². The number of Topliss-reactive ketones (excluding diaryl/α,β-unsaturated/α-hetero) is 1. The number of halogens is 2. The largest absolute Gasteiger partial charge is 0.469 e. The molecule has 126 valence electrons. The maximum Gasteiger partial charge on any atom is 0.217 e. The van der Waals surface area contributed by atoms with Crippen molar-refractivity contribution in [3.63, 3.8) is 0 Å². The zero-order valence-corrected chi connectivity index (χ0v) is 14.9. The van der Waals surface area contributed by atoms with Gasteiger partial charge in [0, 0.05) is 32.9 Å². The minimum atomic E-state index is -0.155. The van der Waals surface area contributed by atoms with Gasteiger partial charge in [-0.3, -0.25) is 4.79 Å². The fourth-order valence-electron chi connectivity index (χ4n) is 2.23. The van der Waals surface area contributed by atoms with E-state index in [1.54, 1.807) is 42.5 Å². The van der Waals surface area contributed by atoms with E-state index in [1.807, 2.05) is 19.1 Å². The summed E-state index contributed by atoms with van der Waals surface area (Å²) in [5.74, 6) is 0.679. The van der Waals surface area contributed by atoms with Gasteiger partial charge >= 0.3 is 0 Å². The van der Waals surface area contributed by atoms with Crippen molar-refractivity contribution in [3.8, 4) is 17.3 Å². The number of hydrogen-bond acceptors (Lipinski definition) is 4. The Bertz CT molecular complexity index is 912. The summed E-state index contributed by atoms with van der Waals surface area (Å²) >= 11 is 11.8. The molecular weight excluding hydrogens is 359 g/mol. The van der Waals surface area contributed by atoms with Gasteiger partial charge in [0.05, 0.1) is 0 Å². The molecule has 0 fully saturated rings. The van der Waals surface area contributed by atoms with Crippen LogP contribution in [-0.2, 0) is 0 Å². The molecule has 6 heteroatoms. The van der Waals surface area contributed by atoms with E-state index in [9.17, 15) is 4.79 Å². The molecule has 0 aliphatic heterocycles. The van der Waals surface area contributed by atoms with Crippen LogP contribution in [0.1, 0.15) is 16.1 Å². The van der Waals surface area contributed by atoms with Crippen molar-refractivity contribution < 1.29 is 9.53 Å². The van der Waals surface area contributed by atoms with Crippen LogP contribution in [0, 0.1) is 6.92 Å². The van der Waals surface area contributed by atoms with Crippen LogP contribution in [0.3, 0.4) is 0 Å². The lowest BCUT2D eigenvalue weighted by molar-refractivity contribution is 0.0918. The number of aryl methyl sites for hydroxylation is 1. The van der Waals surface area contributed by atoms with Crippen molar-refractivity contribution in [1.82, 2.24) is 9.97 Å². The molecule has 0 saturated carbocycles. The highest BCUT2D eigenvalue weighted by molar-refractivity contribution is 6.31. The quantitative estimate of drug-likeness (QED) is 0.590. The van der Waals surface area contributed by atoms with Crippen LogP contribution < -0.4 is 4.74 Å². The molecule has 0 bridgehead atoms. The van der Waals surface area contributed by atoms with Crippen LogP contribution in [0.15, 0.2) is 54.6 Å². The van der Waals surface area contributed by atoms with Gasteiger partial charge in [-0.25, -0.2) is 4.98 Å². The Kier molecular flexibility index (Phi) is 5.31. The summed E-state index contributed by atoms with van der Waals surface area (Å²) < 4.78 is 5.56. The average molecular weight is 373 g/mol. The molecule has 0 spiro atoms. The SMILES string of the molecule is Cc1cc(OCC(=O)c2ccc(Cl)cc2)nc(-c2cccc(Cl)c2)n1. The van der Waals surface area contributed by atoms with Crippen molar-refractivity contribution in [2.75, 3.05) is 6.61 Å². The van der Waals surface area contributed by atoms with E-state index in [4.69, 9.17) is 27.9 Å². The third-order valence-corrected chi connectivity index (χ3v) is 3.92. The van der Waals surface area contributed by atoms with Gasteiger partial charge in [-0.1, -0.05) is 35.3 Å². The van der Waals surface area contributed by atoms with Gasteiger partial charge < -0.3 is 4.74 Å². The van der Waals surface area contributed by atoms with Gasteiger partial charge in [-0.15, -0.1) is 0 Å². The number of ketones is 1. The minimum Gasteiger partial charge on any atom is -0.469 e. The molecule has 0 unspecified atom stereocenters. The topological polar surface area (TPSA) is 52.1 Å². The smallest absolute Gasteiger partial charge is 0.217 e. The predicted molar refractivity (Wildman–Crippen MR) is 98.5 cm³/mol. The van der Waals surface area contributed by atoms with Crippen LogP contribution in [0.5, 0.6) is 5.88 Å². The minimum absolute atomic E-state index is 0.118. The zero-order valence-electron chi connectivity index (χ0n) is 13.4. The summed E-state index contributed by atoms with van der Waals surface area (Å²) in [6.45, 7) is 1.72. The Labute approximate surface area is 155 Å². The number of aromatic nitrogens is 2. The van der Waals surface area contributed by atoms with Crippen LogP contribution in [0.2, 0.25) is 10.0 Å². The summed E-state index contributed by atoms with van der Waals surface area (Å²) in [6, 6.07) is 15.6. The first kappa shape index (κ1) is 17.4. The van der Waals surface area contributed by atoms with Crippen molar-refractivity contribution in [2.24, 2.45) is 0 Å². The van der Waals surface area contributed by atoms with Gasteiger partial charge in [0.15, 0.2) is 18.2 Å². The second kappa shape index (κ2) is 7.64. The number of nitrogens with zero attached hydrogens (tertiary/aromatic N) is 2. The van der Waals surface area contributed by atoms with Gasteiger partial charge in [0.25, 0.3) is 0 Å². The Hall–Kier alpha value is -2.43. The highest BCUT2D eigenvalue weighted by Crippen LogP contribution is 2.22. The summed E-state index contributed by atoms with van der Waals surface area (Å²) in [4.78, 5) is 20.9. The number of carbonyl (C=O) groups excluding carboxylic acids is 1. The van der Waals surface area contributed by atoms with E-state index < -0.39 is 0 Å². The van der Waals surface area contributed by atoms with Crippen molar-refractivity contribution in [2.45, 2.75) is 6.92 Å². The first-order valence-electron chi connectivity index (χ1n) is 7.54. The lowest BCUT2D eigenvalue weighted by atomic mass is 10.1. The molecule has 0 radical (unpaired) electrons. The number of rotatable bonds is 5. The first-order chi connectivity index (χ1) is 12.0. The molecule has 2 aromatic carbocycles. The van der Waals surface area contributed by atoms with Crippen molar-refractivity contribution in [3.05, 3.63) is 75.9 Å². The summed E-state index contributed by atoms with van der Waals surface area (Å²) in [6.07, 6.45) is 0. The second-order valence-electron chi connectivity index (χ2n) is 5.40. The maximum atomic E-state index is 12.2. The molecule has 3 aromatic rings. The van der Waals surface area contributed by atoms with Gasteiger partial charge in [-0.2, -0.15) is 4.98 Å². The molecule has 1 heterocycles. The molecule has 0 atom stereocenters. The Morgan fingerprint density at radius 2 is 1.76 bits per heavy atom. The molecule has 0 N–H and O–H groups in total. The standard InChI is InChI=1S/C19H14Cl2N2O2/c1-12-9-18(23-19(22-12)14-3-2-4-16(21)10-14)25-11-17(24)13-5-7-15(20)8-6-13/h2-10H,11H2,1H3. The van der Waals surface area contributed by atoms with E-state index in [1.165, 1.54) is 0 Å². The van der Waals surface area contributed by atoms with Crippen molar-refractivity contribution in [1.29, 1.82) is 0 Å². The number of ether oxygens (including phenoxy) is 1. The fraction of sp³-hybridized carbons (Fsp3) is 0.105. The van der Waals surface area contributed by atoms with Gasteiger partial charge in [-0.05, 0) is 43.3 Å².